The van der Waals surface area contributed by atoms with E-state index in [1.54, 1.807) is 12.1 Å². The van der Waals surface area contributed by atoms with Crippen molar-refractivity contribution in [2.75, 3.05) is 18.0 Å². The molecule has 1 heterocycles. The molecule has 0 unspecified atom stereocenters. The summed E-state index contributed by atoms with van der Waals surface area (Å²) in [6.07, 6.45) is 0.588. The van der Waals surface area contributed by atoms with Gasteiger partial charge in [0.25, 0.3) is 0 Å². The lowest BCUT2D eigenvalue weighted by atomic mass is 10.1. The quantitative estimate of drug-likeness (QED) is 0.743. The summed E-state index contributed by atoms with van der Waals surface area (Å²) < 4.78 is 12.9. The Labute approximate surface area is 83.0 Å². The van der Waals surface area contributed by atoms with Gasteiger partial charge in [-0.2, -0.15) is 0 Å². The van der Waals surface area contributed by atoms with Crippen LogP contribution in [0.3, 0.4) is 0 Å². The van der Waals surface area contributed by atoms with Crippen LogP contribution in [0.1, 0.15) is 12.8 Å². The summed E-state index contributed by atoms with van der Waals surface area (Å²) in [7, 11) is 0. The Morgan fingerprint density at radius 3 is 2.29 bits per heavy atom. The standard InChI is InChI=1S/C11H14FNO/c12-9-5-7-13(8-6-9)10-1-3-11(14)4-2-10/h1-4,9,14H,5-8H2. The Bertz CT molecular complexity index is 291. The molecule has 1 saturated heterocycles. The van der Waals surface area contributed by atoms with E-state index in [4.69, 9.17) is 5.11 Å². The van der Waals surface area contributed by atoms with Crippen LogP contribution in [-0.4, -0.2) is 24.4 Å². The third-order valence-electron chi connectivity index (χ3n) is 2.64. The molecule has 0 amide bonds. The SMILES string of the molecule is Oc1ccc(N2CCC(F)CC2)cc1. The van der Waals surface area contributed by atoms with E-state index in [0.717, 1.165) is 18.8 Å². The van der Waals surface area contributed by atoms with E-state index in [-0.39, 0.29) is 5.75 Å². The number of phenolic OH excluding ortho intramolecular Hbond substituents is 1. The summed E-state index contributed by atoms with van der Waals surface area (Å²) in [6, 6.07) is 7.06. The van der Waals surface area contributed by atoms with E-state index < -0.39 is 6.17 Å². The summed E-state index contributed by atoms with van der Waals surface area (Å²) in [5, 5.41) is 9.12. The second-order valence-corrected chi connectivity index (χ2v) is 3.68. The number of rotatable bonds is 1. The highest BCUT2D eigenvalue weighted by Gasteiger charge is 2.18. The molecule has 1 aromatic carbocycles. The molecule has 1 N–H and O–H groups in total. The molecule has 2 rings (SSSR count). The van der Waals surface area contributed by atoms with Crippen LogP contribution in [0, 0.1) is 0 Å². The third-order valence-corrected chi connectivity index (χ3v) is 2.64. The third kappa shape index (κ3) is 1.97. The van der Waals surface area contributed by atoms with Gasteiger partial charge in [-0.25, -0.2) is 4.39 Å². The molecule has 0 aromatic heterocycles. The number of hydrogen-bond donors (Lipinski definition) is 1. The van der Waals surface area contributed by atoms with Gasteiger partial charge >= 0.3 is 0 Å². The van der Waals surface area contributed by atoms with Crippen LogP contribution in [0.2, 0.25) is 0 Å². The zero-order valence-electron chi connectivity index (χ0n) is 7.99. The van der Waals surface area contributed by atoms with Gasteiger partial charge in [0.05, 0.1) is 0 Å². The van der Waals surface area contributed by atoms with Crippen molar-refractivity contribution in [1.82, 2.24) is 0 Å². The second kappa shape index (κ2) is 3.86. The summed E-state index contributed by atoms with van der Waals surface area (Å²) in [5.41, 5.74) is 1.06. The smallest absolute Gasteiger partial charge is 0.115 e. The number of hydrogen-bond acceptors (Lipinski definition) is 2. The Balaban J connectivity index is 2.05. The molecule has 76 valence electrons. The van der Waals surface area contributed by atoms with Crippen LogP contribution in [-0.2, 0) is 0 Å². The highest BCUT2D eigenvalue weighted by atomic mass is 19.1. The minimum absolute atomic E-state index is 0.272. The fourth-order valence-corrected chi connectivity index (χ4v) is 1.77. The van der Waals surface area contributed by atoms with Gasteiger partial charge in [-0.1, -0.05) is 0 Å². The van der Waals surface area contributed by atoms with Crippen LogP contribution in [0.25, 0.3) is 0 Å². The Kier molecular flexibility index (Phi) is 2.57. The van der Waals surface area contributed by atoms with Crippen LogP contribution in [0.4, 0.5) is 10.1 Å². The average Bonchev–Trinajstić information content (AvgIpc) is 2.21. The number of halogens is 1. The van der Waals surface area contributed by atoms with Gasteiger partial charge < -0.3 is 10.0 Å². The minimum Gasteiger partial charge on any atom is -0.508 e. The van der Waals surface area contributed by atoms with E-state index in [0.29, 0.717) is 12.8 Å². The van der Waals surface area contributed by atoms with Crippen LogP contribution >= 0.6 is 0 Å². The summed E-state index contributed by atoms with van der Waals surface area (Å²) in [5.74, 6) is 0.272. The Morgan fingerprint density at radius 1 is 1.14 bits per heavy atom. The maximum absolute atomic E-state index is 12.9. The van der Waals surface area contributed by atoms with Gasteiger partial charge in [-0.3, -0.25) is 0 Å². The lowest BCUT2D eigenvalue weighted by molar-refractivity contribution is 0.277. The second-order valence-electron chi connectivity index (χ2n) is 3.68. The van der Waals surface area contributed by atoms with Crippen molar-refractivity contribution >= 4 is 5.69 Å². The van der Waals surface area contributed by atoms with Crippen molar-refractivity contribution in [2.45, 2.75) is 19.0 Å². The van der Waals surface area contributed by atoms with Crippen LogP contribution in [0.5, 0.6) is 5.75 Å². The van der Waals surface area contributed by atoms with Crippen molar-refractivity contribution in [2.24, 2.45) is 0 Å². The molecule has 14 heavy (non-hydrogen) atoms. The zero-order chi connectivity index (χ0) is 9.97. The number of benzene rings is 1. The van der Waals surface area contributed by atoms with Gasteiger partial charge in [-0.05, 0) is 37.1 Å². The van der Waals surface area contributed by atoms with E-state index in [9.17, 15) is 4.39 Å². The Morgan fingerprint density at radius 2 is 1.71 bits per heavy atom. The van der Waals surface area contributed by atoms with Crippen molar-refractivity contribution in [3.8, 4) is 5.75 Å². The van der Waals surface area contributed by atoms with Gasteiger partial charge in [0.2, 0.25) is 0 Å². The fraction of sp³-hybridized carbons (Fsp3) is 0.455. The van der Waals surface area contributed by atoms with Gasteiger partial charge in [0, 0.05) is 18.8 Å². The number of nitrogens with zero attached hydrogens (tertiary/aromatic N) is 1. The first-order chi connectivity index (χ1) is 6.75. The van der Waals surface area contributed by atoms with Gasteiger partial charge in [0.15, 0.2) is 0 Å². The molecule has 1 aliphatic heterocycles. The van der Waals surface area contributed by atoms with E-state index in [1.807, 2.05) is 12.1 Å². The highest BCUT2D eigenvalue weighted by molar-refractivity contribution is 5.49. The molecule has 1 aliphatic rings. The normalized spacial score (nSPS) is 18.5. The molecular weight excluding hydrogens is 181 g/mol. The maximum Gasteiger partial charge on any atom is 0.115 e. The number of anilines is 1. The first kappa shape index (κ1) is 9.31. The molecule has 1 fully saturated rings. The molecular formula is C11H14FNO. The van der Waals surface area contributed by atoms with Crippen molar-refractivity contribution < 1.29 is 9.50 Å². The zero-order valence-corrected chi connectivity index (χ0v) is 7.99. The van der Waals surface area contributed by atoms with Gasteiger partial charge in [-0.15, -0.1) is 0 Å². The number of piperidine rings is 1. The molecule has 3 heteroatoms. The number of aromatic hydroxyl groups is 1. The molecule has 0 aliphatic carbocycles. The first-order valence-corrected chi connectivity index (χ1v) is 4.94. The molecule has 2 nitrogen and oxygen atoms in total. The minimum atomic E-state index is -0.636. The predicted octanol–water partition coefficient (Wildman–Crippen LogP) is 2.33. The highest BCUT2D eigenvalue weighted by Crippen LogP contribution is 2.23. The first-order valence-electron chi connectivity index (χ1n) is 4.94. The maximum atomic E-state index is 12.9. The van der Waals surface area contributed by atoms with E-state index in [2.05, 4.69) is 4.90 Å². The van der Waals surface area contributed by atoms with E-state index >= 15 is 0 Å². The number of alkyl halides is 1. The molecule has 0 spiro atoms. The Hall–Kier alpha value is -1.25. The van der Waals surface area contributed by atoms with Gasteiger partial charge in [0.1, 0.15) is 11.9 Å². The monoisotopic (exact) mass is 195 g/mol. The topological polar surface area (TPSA) is 23.5 Å². The summed E-state index contributed by atoms with van der Waals surface area (Å²) >= 11 is 0. The molecule has 0 bridgehead atoms. The van der Waals surface area contributed by atoms with Crippen LogP contribution in [0.15, 0.2) is 24.3 Å². The van der Waals surface area contributed by atoms with Crippen LogP contribution < -0.4 is 4.90 Å². The largest absolute Gasteiger partial charge is 0.508 e. The molecule has 0 radical (unpaired) electrons. The summed E-state index contributed by atoms with van der Waals surface area (Å²) in [6.45, 7) is 1.54. The lowest BCUT2D eigenvalue weighted by Gasteiger charge is -2.30. The lowest BCUT2D eigenvalue weighted by Crippen LogP contribution is -2.34. The molecule has 1 aromatic rings. The fourth-order valence-electron chi connectivity index (χ4n) is 1.77. The summed E-state index contributed by atoms with van der Waals surface area (Å²) in [4.78, 5) is 2.15. The van der Waals surface area contributed by atoms with Crippen molar-refractivity contribution in [1.29, 1.82) is 0 Å². The molecule has 0 saturated carbocycles. The predicted molar refractivity (Wildman–Crippen MR) is 54.4 cm³/mol. The number of phenols is 1. The molecule has 0 atom stereocenters. The van der Waals surface area contributed by atoms with E-state index in [1.165, 1.54) is 0 Å². The van der Waals surface area contributed by atoms with Crippen molar-refractivity contribution in [3.63, 3.8) is 0 Å². The average molecular weight is 195 g/mol. The van der Waals surface area contributed by atoms with Crippen molar-refractivity contribution in [3.05, 3.63) is 24.3 Å².